The van der Waals surface area contributed by atoms with E-state index in [0.717, 1.165) is 18.8 Å². The molecule has 2 nitrogen and oxygen atoms in total. The van der Waals surface area contributed by atoms with Crippen molar-refractivity contribution in [1.82, 2.24) is 5.48 Å². The molecule has 1 aliphatic rings. The molecule has 1 fully saturated rings. The van der Waals surface area contributed by atoms with Gasteiger partial charge in [0.25, 0.3) is 0 Å². The van der Waals surface area contributed by atoms with E-state index in [9.17, 15) is 0 Å². The zero-order valence-electron chi connectivity index (χ0n) is 9.14. The van der Waals surface area contributed by atoms with Gasteiger partial charge in [-0.3, -0.25) is 0 Å². The van der Waals surface area contributed by atoms with E-state index in [-0.39, 0.29) is 0 Å². The number of hydroxylamine groups is 1. The Labute approximate surface area is 81.7 Å². The predicted molar refractivity (Wildman–Crippen MR) is 54.7 cm³/mol. The summed E-state index contributed by atoms with van der Waals surface area (Å²) < 4.78 is 0. The largest absolute Gasteiger partial charge is 0.317 e. The highest BCUT2D eigenvalue weighted by atomic mass is 16.5. The second-order valence-electron chi connectivity index (χ2n) is 5.02. The van der Waals surface area contributed by atoms with Crippen molar-refractivity contribution in [2.24, 2.45) is 11.3 Å². The second kappa shape index (κ2) is 4.43. The first kappa shape index (κ1) is 11.0. The Morgan fingerprint density at radius 2 is 1.77 bits per heavy atom. The van der Waals surface area contributed by atoms with Gasteiger partial charge >= 0.3 is 0 Å². The molecule has 78 valence electrons. The zero-order valence-corrected chi connectivity index (χ0v) is 9.14. The highest BCUT2D eigenvalue weighted by Gasteiger charge is 2.31. The topological polar surface area (TPSA) is 32.3 Å². The number of rotatable bonds is 3. The smallest absolute Gasteiger partial charge is 0.0319 e. The lowest BCUT2D eigenvalue weighted by molar-refractivity contribution is 0.0697. The van der Waals surface area contributed by atoms with Crippen molar-refractivity contribution in [3.05, 3.63) is 0 Å². The molecular weight excluding hydrogens is 162 g/mol. The molecule has 0 amide bonds. The van der Waals surface area contributed by atoms with E-state index in [0.29, 0.717) is 11.5 Å². The first-order valence-electron chi connectivity index (χ1n) is 5.49. The van der Waals surface area contributed by atoms with E-state index < -0.39 is 0 Å². The minimum atomic E-state index is 0.351. The Morgan fingerprint density at radius 1 is 1.23 bits per heavy atom. The maximum atomic E-state index is 8.79. The van der Waals surface area contributed by atoms with Gasteiger partial charge in [0.1, 0.15) is 0 Å². The highest BCUT2D eigenvalue weighted by Crippen LogP contribution is 2.40. The highest BCUT2D eigenvalue weighted by molar-refractivity contribution is 4.83. The molecule has 0 aromatic carbocycles. The molecule has 0 aliphatic heterocycles. The number of nitrogens with one attached hydrogen (secondary N) is 1. The molecule has 0 unspecified atom stereocenters. The van der Waals surface area contributed by atoms with Gasteiger partial charge in [0.05, 0.1) is 0 Å². The fraction of sp³-hybridized carbons (Fsp3) is 1.00. The van der Waals surface area contributed by atoms with E-state index in [1.165, 1.54) is 19.3 Å². The first-order chi connectivity index (χ1) is 6.10. The summed E-state index contributed by atoms with van der Waals surface area (Å²) in [6, 6.07) is 0.351. The molecule has 1 aliphatic carbocycles. The quantitative estimate of drug-likeness (QED) is 0.662. The van der Waals surface area contributed by atoms with Crippen molar-refractivity contribution in [1.29, 1.82) is 0 Å². The molecule has 0 aromatic heterocycles. The van der Waals surface area contributed by atoms with Crippen LogP contribution in [0.3, 0.4) is 0 Å². The van der Waals surface area contributed by atoms with Crippen LogP contribution in [-0.4, -0.2) is 11.2 Å². The molecule has 0 heterocycles. The van der Waals surface area contributed by atoms with Gasteiger partial charge < -0.3 is 5.21 Å². The van der Waals surface area contributed by atoms with Gasteiger partial charge in [0, 0.05) is 6.04 Å². The fourth-order valence-corrected chi connectivity index (χ4v) is 2.29. The van der Waals surface area contributed by atoms with Crippen molar-refractivity contribution >= 4 is 0 Å². The maximum absolute atomic E-state index is 8.79. The standard InChI is InChI=1S/C11H23NO/c1-4-11(2,3)9-5-7-10(12-13)8-6-9/h9-10,12-13H,4-8H2,1-3H3. The van der Waals surface area contributed by atoms with Gasteiger partial charge in [-0.05, 0) is 37.0 Å². The summed E-state index contributed by atoms with van der Waals surface area (Å²) in [5, 5.41) is 8.79. The predicted octanol–water partition coefficient (Wildman–Crippen LogP) is 2.96. The van der Waals surface area contributed by atoms with Crippen LogP contribution in [0.5, 0.6) is 0 Å². The number of hydrogen-bond donors (Lipinski definition) is 2. The molecule has 0 saturated heterocycles. The molecule has 0 spiro atoms. The van der Waals surface area contributed by atoms with E-state index in [1.807, 2.05) is 0 Å². The summed E-state index contributed by atoms with van der Waals surface area (Å²) in [5.74, 6) is 0.849. The Morgan fingerprint density at radius 3 is 2.15 bits per heavy atom. The Bertz CT molecular complexity index is 148. The summed E-state index contributed by atoms with van der Waals surface area (Å²) in [5.41, 5.74) is 2.88. The van der Waals surface area contributed by atoms with Gasteiger partial charge in [0.2, 0.25) is 0 Å². The van der Waals surface area contributed by atoms with Crippen LogP contribution in [0.2, 0.25) is 0 Å². The third kappa shape index (κ3) is 2.68. The summed E-state index contributed by atoms with van der Waals surface area (Å²) in [4.78, 5) is 0. The average Bonchev–Trinajstić information content (AvgIpc) is 2.18. The fourth-order valence-electron chi connectivity index (χ4n) is 2.29. The molecule has 0 bridgehead atoms. The van der Waals surface area contributed by atoms with Gasteiger partial charge in [-0.2, -0.15) is 0 Å². The Kier molecular flexibility index (Phi) is 3.74. The minimum absolute atomic E-state index is 0.351. The van der Waals surface area contributed by atoms with Crippen molar-refractivity contribution < 1.29 is 5.21 Å². The zero-order chi connectivity index (χ0) is 9.90. The lowest BCUT2D eigenvalue weighted by Gasteiger charge is -2.38. The number of hydrogen-bond acceptors (Lipinski definition) is 2. The SMILES string of the molecule is CCC(C)(C)C1CCC(NO)CC1. The van der Waals surface area contributed by atoms with Crippen LogP contribution in [0.4, 0.5) is 0 Å². The van der Waals surface area contributed by atoms with Crippen molar-refractivity contribution in [2.75, 3.05) is 0 Å². The van der Waals surface area contributed by atoms with Gasteiger partial charge in [0.15, 0.2) is 0 Å². The molecule has 1 rings (SSSR count). The summed E-state index contributed by atoms with van der Waals surface area (Å²) in [6.45, 7) is 7.01. The third-order valence-electron chi connectivity index (χ3n) is 3.93. The van der Waals surface area contributed by atoms with E-state index in [4.69, 9.17) is 5.21 Å². The summed E-state index contributed by atoms with van der Waals surface area (Å²) in [6.07, 6.45) is 6.04. The average molecular weight is 185 g/mol. The lowest BCUT2D eigenvalue weighted by Crippen LogP contribution is -2.35. The molecular formula is C11H23NO. The molecule has 2 N–H and O–H groups in total. The van der Waals surface area contributed by atoms with Crippen molar-refractivity contribution in [3.8, 4) is 0 Å². The van der Waals surface area contributed by atoms with Crippen LogP contribution in [0.1, 0.15) is 52.9 Å². The van der Waals surface area contributed by atoms with Gasteiger partial charge in [-0.1, -0.05) is 27.2 Å². The minimum Gasteiger partial charge on any atom is -0.317 e. The molecule has 0 aromatic rings. The lowest BCUT2D eigenvalue weighted by atomic mass is 9.69. The Balaban J connectivity index is 2.40. The van der Waals surface area contributed by atoms with Crippen LogP contribution in [-0.2, 0) is 0 Å². The molecule has 2 heteroatoms. The normalized spacial score (nSPS) is 30.5. The van der Waals surface area contributed by atoms with E-state index >= 15 is 0 Å². The van der Waals surface area contributed by atoms with E-state index in [2.05, 4.69) is 26.3 Å². The van der Waals surface area contributed by atoms with Crippen LogP contribution in [0, 0.1) is 11.3 Å². The molecule has 0 atom stereocenters. The Hall–Kier alpha value is -0.0800. The summed E-state index contributed by atoms with van der Waals surface area (Å²) >= 11 is 0. The monoisotopic (exact) mass is 185 g/mol. The van der Waals surface area contributed by atoms with Gasteiger partial charge in [-0.15, -0.1) is 0 Å². The molecule has 0 radical (unpaired) electrons. The molecule has 13 heavy (non-hydrogen) atoms. The third-order valence-corrected chi connectivity index (χ3v) is 3.93. The van der Waals surface area contributed by atoms with Crippen LogP contribution in [0.15, 0.2) is 0 Å². The first-order valence-corrected chi connectivity index (χ1v) is 5.49. The second-order valence-corrected chi connectivity index (χ2v) is 5.02. The van der Waals surface area contributed by atoms with Crippen LogP contribution < -0.4 is 5.48 Å². The molecule has 1 saturated carbocycles. The van der Waals surface area contributed by atoms with Crippen LogP contribution in [0.25, 0.3) is 0 Å². The van der Waals surface area contributed by atoms with Crippen molar-refractivity contribution in [3.63, 3.8) is 0 Å². The summed E-state index contributed by atoms with van der Waals surface area (Å²) in [7, 11) is 0. The van der Waals surface area contributed by atoms with E-state index in [1.54, 1.807) is 0 Å². The van der Waals surface area contributed by atoms with Crippen LogP contribution >= 0.6 is 0 Å². The van der Waals surface area contributed by atoms with Crippen molar-refractivity contribution in [2.45, 2.75) is 58.9 Å². The van der Waals surface area contributed by atoms with Gasteiger partial charge in [-0.25, -0.2) is 5.48 Å². The maximum Gasteiger partial charge on any atom is 0.0319 e.